The maximum atomic E-state index is 13.9. The number of hydrogen-bond acceptors (Lipinski definition) is 8. The van der Waals surface area contributed by atoms with E-state index in [0.29, 0.717) is 0 Å². The van der Waals surface area contributed by atoms with Gasteiger partial charge in [-0.3, -0.25) is 0 Å². The number of halogens is 4. The second kappa shape index (κ2) is 18.1. The van der Waals surface area contributed by atoms with E-state index in [1.807, 2.05) is 128 Å². The van der Waals surface area contributed by atoms with Gasteiger partial charge in [-0.2, -0.15) is 21.6 Å². The summed E-state index contributed by atoms with van der Waals surface area (Å²) >= 11 is 1.74. The number of ether oxygens (including phenoxy) is 5. The van der Waals surface area contributed by atoms with Crippen LogP contribution in [-0.2, 0) is 55.5 Å². The zero-order valence-electron chi connectivity index (χ0n) is 29.1. The first-order valence-corrected chi connectivity index (χ1v) is 19.6. The molecule has 0 saturated carbocycles. The Hall–Kier alpha value is -3.99. The van der Waals surface area contributed by atoms with Crippen LogP contribution in [-0.4, -0.2) is 38.3 Å². The first kappa shape index (κ1) is 39.7. The maximum Gasteiger partial charge on any atom is 0.534 e. The summed E-state index contributed by atoms with van der Waals surface area (Å²) in [4.78, 5) is 0. The number of benzene rings is 5. The lowest BCUT2D eigenvalue weighted by Crippen LogP contribution is -2.41. The molecule has 0 spiro atoms. The standard InChI is InChI=1S/C41H38F3IO8S/c1-28(48-24-29-14-6-2-7-15-29)36-39(50-26-31-18-10-4-11-19-31)40(51-27-32-20-12-5-13-21-32)38(52-36)33-22-23-34(49-25-30-16-8-3-9-17-30)35(45)37(33)53-54(46,47)41(42,43)44/h2-23,28,36,38-40H,24-27H2,1H3/t28-,36+,38-,39+,40+/m0/s1. The van der Waals surface area contributed by atoms with Crippen molar-refractivity contribution in [2.45, 2.75) is 69.4 Å². The van der Waals surface area contributed by atoms with E-state index >= 15 is 0 Å². The first-order valence-electron chi connectivity index (χ1n) is 17.1. The molecule has 0 aromatic heterocycles. The third-order valence-electron chi connectivity index (χ3n) is 8.75. The number of rotatable bonds is 16. The summed E-state index contributed by atoms with van der Waals surface area (Å²) in [6.07, 6.45) is -4.40. The van der Waals surface area contributed by atoms with Crippen molar-refractivity contribution >= 4 is 32.7 Å². The van der Waals surface area contributed by atoms with Crippen molar-refractivity contribution in [3.63, 3.8) is 0 Å². The molecule has 5 aromatic rings. The second-order valence-corrected chi connectivity index (χ2v) is 15.2. The Morgan fingerprint density at radius 1 is 0.667 bits per heavy atom. The first-order chi connectivity index (χ1) is 26.0. The van der Waals surface area contributed by atoms with E-state index in [0.717, 1.165) is 22.3 Å². The zero-order valence-corrected chi connectivity index (χ0v) is 32.1. The largest absolute Gasteiger partial charge is 0.534 e. The molecule has 1 saturated heterocycles. The van der Waals surface area contributed by atoms with Crippen molar-refractivity contribution in [2.75, 3.05) is 0 Å². The molecule has 1 heterocycles. The van der Waals surface area contributed by atoms with Gasteiger partial charge in [0.25, 0.3) is 0 Å². The van der Waals surface area contributed by atoms with Crippen LogP contribution >= 0.6 is 22.6 Å². The Bertz CT molecular complexity index is 2040. The zero-order chi connectivity index (χ0) is 38.1. The molecule has 0 N–H and O–H groups in total. The van der Waals surface area contributed by atoms with E-state index in [1.165, 1.54) is 6.07 Å². The highest BCUT2D eigenvalue weighted by Crippen LogP contribution is 2.47. The highest BCUT2D eigenvalue weighted by Gasteiger charge is 2.53. The van der Waals surface area contributed by atoms with Crippen molar-refractivity contribution in [3.8, 4) is 11.5 Å². The number of alkyl halides is 3. The molecular weight excluding hydrogens is 836 g/mol. The predicted molar refractivity (Wildman–Crippen MR) is 204 cm³/mol. The Balaban J connectivity index is 1.41. The SMILES string of the molecule is C[C@H](OCc1ccccc1)[C@H]1O[C@@H](c2ccc(OCc3ccccc3)c(I)c2OS(=O)(=O)C(F)(F)F)[C@@H](OCc2ccccc2)[C@@H]1OCc1ccccc1. The molecule has 1 fully saturated rings. The molecule has 0 aliphatic carbocycles. The fourth-order valence-corrected chi connectivity index (χ4v) is 7.38. The molecule has 6 rings (SSSR count). The summed E-state index contributed by atoms with van der Waals surface area (Å²) in [5.41, 5.74) is -2.30. The smallest absolute Gasteiger partial charge is 0.488 e. The fraction of sp³-hybridized carbons (Fsp3) is 0.268. The molecule has 13 heteroatoms. The highest BCUT2D eigenvalue weighted by atomic mass is 127. The average Bonchev–Trinajstić information content (AvgIpc) is 3.54. The van der Waals surface area contributed by atoms with Gasteiger partial charge in [0.05, 0.1) is 29.5 Å². The topological polar surface area (TPSA) is 89.5 Å². The molecule has 0 bridgehead atoms. The Kier molecular flexibility index (Phi) is 13.3. The van der Waals surface area contributed by atoms with E-state index in [4.69, 9.17) is 27.9 Å². The lowest BCUT2D eigenvalue weighted by molar-refractivity contribution is -0.115. The number of hydrogen-bond donors (Lipinski definition) is 0. The van der Waals surface area contributed by atoms with Gasteiger partial charge in [0.1, 0.15) is 36.8 Å². The molecule has 5 aromatic carbocycles. The van der Waals surface area contributed by atoms with Gasteiger partial charge >= 0.3 is 15.6 Å². The predicted octanol–water partition coefficient (Wildman–Crippen LogP) is 9.31. The summed E-state index contributed by atoms with van der Waals surface area (Å²) in [6.45, 7) is 2.38. The van der Waals surface area contributed by atoms with Crippen molar-refractivity contribution in [1.29, 1.82) is 0 Å². The van der Waals surface area contributed by atoms with Gasteiger partial charge in [0.15, 0.2) is 5.75 Å². The summed E-state index contributed by atoms with van der Waals surface area (Å²) < 4.78 is 104. The van der Waals surface area contributed by atoms with E-state index in [-0.39, 0.29) is 41.3 Å². The van der Waals surface area contributed by atoms with Crippen LogP contribution in [0.15, 0.2) is 133 Å². The van der Waals surface area contributed by atoms with Crippen LogP contribution in [0.4, 0.5) is 13.2 Å². The summed E-state index contributed by atoms with van der Waals surface area (Å²) in [7, 11) is -6.12. The Labute approximate surface area is 326 Å². The van der Waals surface area contributed by atoms with Gasteiger partial charge in [-0.05, 0) is 63.9 Å². The highest BCUT2D eigenvalue weighted by molar-refractivity contribution is 14.1. The molecular formula is C41H38F3IO8S. The minimum atomic E-state index is -6.12. The van der Waals surface area contributed by atoms with Crippen molar-refractivity contribution in [3.05, 3.63) is 165 Å². The van der Waals surface area contributed by atoms with Gasteiger partial charge < -0.3 is 27.9 Å². The molecule has 1 aliphatic heterocycles. The third-order valence-corrected chi connectivity index (χ3v) is 10.7. The molecule has 5 atom stereocenters. The van der Waals surface area contributed by atoms with E-state index in [2.05, 4.69) is 0 Å². The Morgan fingerprint density at radius 3 is 1.63 bits per heavy atom. The summed E-state index contributed by atoms with van der Waals surface area (Å²) in [5.74, 6) is -0.472. The van der Waals surface area contributed by atoms with Crippen molar-refractivity contribution in [1.82, 2.24) is 0 Å². The molecule has 0 amide bonds. The molecule has 0 radical (unpaired) electrons. The van der Waals surface area contributed by atoms with Gasteiger partial charge in [0, 0.05) is 5.56 Å². The van der Waals surface area contributed by atoms with Crippen molar-refractivity contribution < 1.29 is 49.5 Å². The second-order valence-electron chi connectivity index (χ2n) is 12.6. The maximum absolute atomic E-state index is 13.9. The quantitative estimate of drug-likeness (QED) is 0.0551. The molecule has 284 valence electrons. The molecule has 0 unspecified atom stereocenters. The van der Waals surface area contributed by atoms with Crippen LogP contribution < -0.4 is 8.92 Å². The monoisotopic (exact) mass is 874 g/mol. The van der Waals surface area contributed by atoms with E-state index < -0.39 is 51.9 Å². The fourth-order valence-electron chi connectivity index (χ4n) is 5.98. The van der Waals surface area contributed by atoms with Gasteiger partial charge in [-0.1, -0.05) is 121 Å². The Morgan fingerprint density at radius 2 is 1.13 bits per heavy atom. The summed E-state index contributed by atoms with van der Waals surface area (Å²) in [5, 5.41) is 0. The van der Waals surface area contributed by atoms with Gasteiger partial charge in [-0.15, -0.1) is 0 Å². The van der Waals surface area contributed by atoms with Crippen LogP contribution in [0.25, 0.3) is 0 Å². The molecule has 8 nitrogen and oxygen atoms in total. The minimum Gasteiger partial charge on any atom is -0.488 e. The van der Waals surface area contributed by atoms with Crippen LogP contribution in [0.3, 0.4) is 0 Å². The molecule has 54 heavy (non-hydrogen) atoms. The summed E-state index contributed by atoms with van der Waals surface area (Å²) in [6, 6.07) is 40.5. The van der Waals surface area contributed by atoms with Gasteiger partial charge in [-0.25, -0.2) is 0 Å². The van der Waals surface area contributed by atoms with Crippen LogP contribution in [0.1, 0.15) is 40.8 Å². The van der Waals surface area contributed by atoms with Crippen LogP contribution in [0.5, 0.6) is 11.5 Å². The average molecular weight is 875 g/mol. The lowest BCUT2D eigenvalue weighted by atomic mass is 9.98. The van der Waals surface area contributed by atoms with Crippen molar-refractivity contribution in [2.24, 2.45) is 0 Å². The van der Waals surface area contributed by atoms with Gasteiger partial charge in [0.2, 0.25) is 0 Å². The lowest BCUT2D eigenvalue weighted by Gasteiger charge is -2.28. The third kappa shape index (κ3) is 10.00. The van der Waals surface area contributed by atoms with Crippen LogP contribution in [0.2, 0.25) is 0 Å². The normalized spacial score (nSPS) is 19.4. The minimum absolute atomic E-state index is 0.00199. The molecule has 1 aliphatic rings. The van der Waals surface area contributed by atoms with Crippen LogP contribution in [0, 0.1) is 3.57 Å². The van der Waals surface area contributed by atoms with E-state index in [9.17, 15) is 21.6 Å². The van der Waals surface area contributed by atoms with E-state index in [1.54, 1.807) is 28.7 Å².